The number of ether oxygens (including phenoxy) is 1. The fourth-order valence-corrected chi connectivity index (χ4v) is 9.66. The summed E-state index contributed by atoms with van der Waals surface area (Å²) in [6.45, 7) is 6.83. The Morgan fingerprint density at radius 1 is 0.479 bits per heavy atom. The summed E-state index contributed by atoms with van der Waals surface area (Å²) in [5.74, 6) is -0.555. The van der Waals surface area contributed by atoms with Gasteiger partial charge in [0.05, 0.1) is 33.8 Å². The van der Waals surface area contributed by atoms with Crippen LogP contribution < -0.4 is 10.2 Å². The Bertz CT molecular complexity index is 1390. The fraction of sp³-hybridized carbons (Fsp3) is 0.841. The number of likely N-dealkylation sites (N-methyl/N-ethyl adjacent to an activating group) is 1. The van der Waals surface area contributed by atoms with Gasteiger partial charge in [0.25, 0.3) is 7.82 Å². The number of rotatable bonds is 56. The van der Waals surface area contributed by atoms with Crippen LogP contribution >= 0.6 is 7.82 Å². The summed E-state index contributed by atoms with van der Waals surface area (Å²) in [5, 5.41) is 3.03. The third-order valence-electron chi connectivity index (χ3n) is 13.8. The van der Waals surface area contributed by atoms with Crippen LogP contribution in [0.15, 0.2) is 48.6 Å². The van der Waals surface area contributed by atoms with Crippen molar-refractivity contribution in [2.75, 3.05) is 40.9 Å². The first-order valence-electron chi connectivity index (χ1n) is 30.9. The van der Waals surface area contributed by atoms with Gasteiger partial charge in [0.2, 0.25) is 5.91 Å². The van der Waals surface area contributed by atoms with Gasteiger partial charge in [-0.05, 0) is 70.3 Å². The molecule has 0 saturated heterocycles. The van der Waals surface area contributed by atoms with Crippen LogP contribution in [-0.2, 0) is 27.9 Å². The van der Waals surface area contributed by atoms with Gasteiger partial charge in [-0.25, -0.2) is 0 Å². The quantitative estimate of drug-likeness (QED) is 0.0212. The van der Waals surface area contributed by atoms with E-state index in [1.54, 1.807) is 0 Å². The molecule has 3 unspecified atom stereocenters. The molecule has 0 aliphatic heterocycles. The Morgan fingerprint density at radius 3 is 1.27 bits per heavy atom. The molecule has 0 saturated carbocycles. The Hall–Kier alpha value is -2.03. The molecule has 0 heterocycles. The van der Waals surface area contributed by atoms with Crippen molar-refractivity contribution in [1.82, 2.24) is 5.32 Å². The van der Waals surface area contributed by atoms with Gasteiger partial charge in [0.15, 0.2) is 0 Å². The number of nitrogens with zero attached hydrogens (tertiary/aromatic N) is 1. The summed E-state index contributed by atoms with van der Waals surface area (Å²) in [7, 11) is 1.18. The number of quaternary nitrogens is 1. The summed E-state index contributed by atoms with van der Waals surface area (Å²) in [6, 6.07) is -0.895. The number of carbonyl (C=O) groups excluding carboxylic acids is 2. The minimum absolute atomic E-state index is 0.0249. The molecule has 0 rings (SSSR count). The second-order valence-corrected chi connectivity index (χ2v) is 23.6. The maximum Gasteiger partial charge on any atom is 0.306 e. The topological polar surface area (TPSA) is 114 Å². The molecule has 0 aliphatic carbocycles. The third-order valence-corrected chi connectivity index (χ3v) is 14.7. The third kappa shape index (κ3) is 54.6. The second-order valence-electron chi connectivity index (χ2n) is 22.2. The Morgan fingerprint density at radius 2 is 0.836 bits per heavy atom. The smallest absolute Gasteiger partial charge is 0.306 e. The molecule has 0 aromatic carbocycles. The summed E-state index contributed by atoms with van der Waals surface area (Å²) >= 11 is 0. The molecule has 0 bridgehead atoms. The van der Waals surface area contributed by atoms with Crippen LogP contribution in [0.25, 0.3) is 0 Å². The van der Waals surface area contributed by atoms with Gasteiger partial charge in [0.1, 0.15) is 19.3 Å². The van der Waals surface area contributed by atoms with Crippen molar-refractivity contribution < 1.29 is 37.3 Å². The highest BCUT2D eigenvalue weighted by atomic mass is 31.2. The summed E-state index contributed by atoms with van der Waals surface area (Å²) in [6.07, 6.45) is 65.0. The molecule has 0 spiro atoms. The molecule has 1 amide bonds. The van der Waals surface area contributed by atoms with Crippen LogP contribution in [0, 0.1) is 0 Å². The maximum atomic E-state index is 13.5. The van der Waals surface area contributed by atoms with Crippen molar-refractivity contribution in [2.24, 2.45) is 0 Å². The van der Waals surface area contributed by atoms with Crippen molar-refractivity contribution in [1.29, 1.82) is 0 Å². The van der Waals surface area contributed by atoms with E-state index < -0.39 is 26.6 Å². The average Bonchev–Trinajstić information content (AvgIpc) is 3.35. The van der Waals surface area contributed by atoms with Crippen molar-refractivity contribution >= 4 is 19.7 Å². The maximum absolute atomic E-state index is 13.5. The van der Waals surface area contributed by atoms with Gasteiger partial charge in [-0.3, -0.25) is 14.2 Å². The molecule has 428 valence electrons. The Balaban J connectivity index is 5.33. The van der Waals surface area contributed by atoms with Crippen molar-refractivity contribution in [2.45, 2.75) is 303 Å². The monoisotopic (exact) mass is 1050 g/mol. The molecule has 9 nitrogen and oxygen atoms in total. The van der Waals surface area contributed by atoms with Gasteiger partial charge in [-0.15, -0.1) is 0 Å². The van der Waals surface area contributed by atoms with Crippen LogP contribution in [0.2, 0.25) is 0 Å². The highest BCUT2D eigenvalue weighted by Gasteiger charge is 2.27. The summed E-state index contributed by atoms with van der Waals surface area (Å²) in [4.78, 5) is 40.0. The number of phosphoric acid groups is 1. The van der Waals surface area contributed by atoms with Crippen LogP contribution in [0.5, 0.6) is 0 Å². The lowest BCUT2D eigenvalue weighted by molar-refractivity contribution is -0.870. The molecule has 0 radical (unpaired) electrons. The lowest BCUT2D eigenvalue weighted by Gasteiger charge is -2.30. The Kier molecular flexibility index (Phi) is 51.9. The zero-order chi connectivity index (χ0) is 53.6. The van der Waals surface area contributed by atoms with Gasteiger partial charge in [-0.2, -0.15) is 0 Å². The SMILES string of the molecule is CCCCC/C=C\C/C=C\C/C=C\CCCCCCC(=O)OC(/C=C/CCCCCCCCCCCCC)C(COP(=O)([O-])OCC[N+](C)(C)C)NC(=O)CCCCCCCCCCCCCCCCCCC. The van der Waals surface area contributed by atoms with Gasteiger partial charge >= 0.3 is 5.97 Å². The van der Waals surface area contributed by atoms with E-state index in [1.165, 1.54) is 173 Å². The van der Waals surface area contributed by atoms with Gasteiger partial charge < -0.3 is 28.5 Å². The zero-order valence-electron chi connectivity index (χ0n) is 48.8. The molecular formula is C63H119N2O7P. The van der Waals surface area contributed by atoms with E-state index in [9.17, 15) is 19.0 Å². The molecular weight excluding hydrogens is 928 g/mol. The predicted molar refractivity (Wildman–Crippen MR) is 312 cm³/mol. The lowest BCUT2D eigenvalue weighted by atomic mass is 10.0. The first-order valence-corrected chi connectivity index (χ1v) is 32.4. The fourth-order valence-electron chi connectivity index (χ4n) is 8.94. The first-order chi connectivity index (χ1) is 35.4. The predicted octanol–water partition coefficient (Wildman–Crippen LogP) is 18.3. The molecule has 0 aromatic heterocycles. The van der Waals surface area contributed by atoms with Crippen LogP contribution in [0.3, 0.4) is 0 Å². The summed E-state index contributed by atoms with van der Waals surface area (Å²) in [5.41, 5.74) is 0. The molecule has 0 aliphatic rings. The van der Waals surface area contributed by atoms with Gasteiger partial charge in [-0.1, -0.05) is 256 Å². The molecule has 0 fully saturated rings. The van der Waals surface area contributed by atoms with Crippen LogP contribution in [-0.4, -0.2) is 69.4 Å². The number of allylic oxidation sites excluding steroid dienone is 7. The minimum atomic E-state index is -4.70. The number of carbonyl (C=O) groups is 2. The number of amides is 1. The van der Waals surface area contributed by atoms with Crippen molar-refractivity contribution in [3.8, 4) is 0 Å². The number of nitrogens with one attached hydrogen (secondary N) is 1. The van der Waals surface area contributed by atoms with E-state index in [0.717, 1.165) is 77.0 Å². The van der Waals surface area contributed by atoms with E-state index in [0.29, 0.717) is 23.9 Å². The zero-order valence-corrected chi connectivity index (χ0v) is 49.7. The highest BCUT2D eigenvalue weighted by Crippen LogP contribution is 2.38. The highest BCUT2D eigenvalue weighted by molar-refractivity contribution is 7.45. The number of hydrogen-bond acceptors (Lipinski definition) is 7. The molecule has 3 atom stereocenters. The standard InChI is InChI=1S/C63H119N2O7P/c1-7-10-13-16-19-22-25-28-30-32-34-37-40-43-46-49-52-55-62(66)64-60(59-71-73(68,69)70-58-57-65(4,5)6)61(54-51-48-45-42-39-36-27-24-21-18-15-12-9-3)72-63(67)56-53-50-47-44-41-38-35-33-31-29-26-23-20-17-14-11-8-2/h20,23,29,31,35,38,51,54,60-61H,7-19,21-22,24-28,30,32-34,36-37,39-50,52-53,55-59H2,1-6H3,(H-,64,66,68,69)/b23-20-,31-29-,38-35-,54-51+. The molecule has 1 N–H and O–H groups in total. The number of phosphoric ester groups is 1. The lowest BCUT2D eigenvalue weighted by Crippen LogP contribution is -2.47. The second kappa shape index (κ2) is 53.4. The van der Waals surface area contributed by atoms with E-state index in [2.05, 4.69) is 62.5 Å². The number of hydrogen-bond donors (Lipinski definition) is 1. The van der Waals surface area contributed by atoms with E-state index >= 15 is 0 Å². The molecule has 0 aromatic rings. The van der Waals surface area contributed by atoms with Crippen molar-refractivity contribution in [3.63, 3.8) is 0 Å². The number of esters is 1. The first kappa shape index (κ1) is 71.0. The molecule has 73 heavy (non-hydrogen) atoms. The summed E-state index contributed by atoms with van der Waals surface area (Å²) < 4.78 is 30.3. The van der Waals surface area contributed by atoms with E-state index in [4.69, 9.17) is 13.8 Å². The largest absolute Gasteiger partial charge is 0.756 e. The van der Waals surface area contributed by atoms with Crippen LogP contribution in [0.1, 0.15) is 290 Å². The van der Waals surface area contributed by atoms with Gasteiger partial charge in [0, 0.05) is 12.8 Å². The minimum Gasteiger partial charge on any atom is -0.756 e. The number of unbranched alkanes of at least 4 members (excludes halogenated alkanes) is 34. The van der Waals surface area contributed by atoms with E-state index in [-0.39, 0.29) is 24.9 Å². The van der Waals surface area contributed by atoms with Crippen LogP contribution in [0.4, 0.5) is 0 Å². The Labute approximate surface area is 452 Å². The van der Waals surface area contributed by atoms with E-state index in [1.807, 2.05) is 33.3 Å². The average molecular weight is 1050 g/mol. The van der Waals surface area contributed by atoms with Crippen molar-refractivity contribution in [3.05, 3.63) is 48.6 Å². The normalized spacial score (nSPS) is 14.0. The molecule has 10 heteroatoms.